The summed E-state index contributed by atoms with van der Waals surface area (Å²) in [5, 5.41) is 8.26. The van der Waals surface area contributed by atoms with Crippen molar-refractivity contribution in [3.05, 3.63) is 65.0 Å². The topological polar surface area (TPSA) is 27.1 Å². The van der Waals surface area contributed by atoms with E-state index in [9.17, 15) is 4.39 Å². The molecule has 0 fully saturated rings. The number of benzene rings is 2. The van der Waals surface area contributed by atoms with Crippen molar-refractivity contribution in [3.8, 4) is 0 Å². The summed E-state index contributed by atoms with van der Waals surface area (Å²) in [4.78, 5) is 1.91. The Kier molecular flexibility index (Phi) is 3.08. The van der Waals surface area contributed by atoms with Gasteiger partial charge in [0.25, 0.3) is 0 Å². The fraction of sp³-hybridized carbons (Fsp3) is 0.278. The first kappa shape index (κ1) is 13.8. The average Bonchev–Trinajstić information content (AvgIpc) is 2.75. The quantitative estimate of drug-likeness (QED) is 0.821. The molecule has 0 radical (unpaired) electrons. The van der Waals surface area contributed by atoms with Crippen LogP contribution >= 0.6 is 0 Å². The molecule has 0 bridgehead atoms. The van der Waals surface area contributed by atoms with Crippen molar-refractivity contribution in [2.45, 2.75) is 32.7 Å². The van der Waals surface area contributed by atoms with Crippen molar-refractivity contribution in [2.24, 2.45) is 0 Å². The van der Waals surface area contributed by atoms with Gasteiger partial charge in [-0.3, -0.25) is 5.41 Å². The van der Waals surface area contributed by atoms with Crippen LogP contribution in [0.1, 0.15) is 37.5 Å². The van der Waals surface area contributed by atoms with Gasteiger partial charge in [0.1, 0.15) is 11.7 Å². The number of nitrogens with zero attached hydrogens (tertiary/aromatic N) is 1. The molecule has 1 heterocycles. The van der Waals surface area contributed by atoms with E-state index in [0.717, 1.165) is 11.3 Å². The number of halogens is 1. The SMILES string of the molecule is CC(C)(C)c1ccc(N2Cc3ccc(F)cc3C2=N)cc1. The van der Waals surface area contributed by atoms with Crippen molar-refractivity contribution in [3.63, 3.8) is 0 Å². The molecular weight excluding hydrogens is 263 g/mol. The van der Waals surface area contributed by atoms with E-state index in [1.807, 2.05) is 17.0 Å². The Hall–Kier alpha value is -2.16. The summed E-state index contributed by atoms with van der Waals surface area (Å²) in [7, 11) is 0. The Labute approximate surface area is 124 Å². The zero-order chi connectivity index (χ0) is 15.2. The van der Waals surface area contributed by atoms with E-state index < -0.39 is 0 Å². The molecule has 2 nitrogen and oxygen atoms in total. The zero-order valence-corrected chi connectivity index (χ0v) is 12.6. The van der Waals surface area contributed by atoms with E-state index in [0.29, 0.717) is 17.9 Å². The van der Waals surface area contributed by atoms with Gasteiger partial charge in [0.2, 0.25) is 0 Å². The Bertz CT molecular complexity index is 696. The number of hydrogen-bond acceptors (Lipinski definition) is 1. The normalized spacial score (nSPS) is 14.5. The summed E-state index contributed by atoms with van der Waals surface area (Å²) in [5.74, 6) is 0.0800. The number of hydrogen-bond donors (Lipinski definition) is 1. The minimum absolute atomic E-state index is 0.114. The van der Waals surface area contributed by atoms with Crippen molar-refractivity contribution in [2.75, 3.05) is 4.90 Å². The highest BCUT2D eigenvalue weighted by atomic mass is 19.1. The first-order chi connectivity index (χ1) is 9.86. The minimum atomic E-state index is -0.288. The number of fused-ring (bicyclic) bond motifs is 1. The summed E-state index contributed by atoms with van der Waals surface area (Å²) >= 11 is 0. The van der Waals surface area contributed by atoms with E-state index >= 15 is 0 Å². The molecule has 1 aliphatic rings. The molecule has 0 unspecified atom stereocenters. The van der Waals surface area contributed by atoms with Gasteiger partial charge < -0.3 is 4.90 Å². The van der Waals surface area contributed by atoms with Gasteiger partial charge in [0.15, 0.2) is 0 Å². The molecule has 108 valence electrons. The van der Waals surface area contributed by atoms with Gasteiger partial charge in [0, 0.05) is 11.3 Å². The average molecular weight is 282 g/mol. The molecule has 0 spiro atoms. The molecule has 2 aromatic carbocycles. The summed E-state index contributed by atoms with van der Waals surface area (Å²) in [6.45, 7) is 7.17. The largest absolute Gasteiger partial charge is 0.322 e. The molecule has 1 N–H and O–H groups in total. The Morgan fingerprint density at radius 1 is 1.05 bits per heavy atom. The highest BCUT2D eigenvalue weighted by Crippen LogP contribution is 2.30. The van der Waals surface area contributed by atoms with Crippen LogP contribution in [0.3, 0.4) is 0 Å². The van der Waals surface area contributed by atoms with Crippen LogP contribution in [0.25, 0.3) is 0 Å². The molecule has 0 aliphatic carbocycles. The fourth-order valence-electron chi connectivity index (χ4n) is 2.66. The Balaban J connectivity index is 1.91. The van der Waals surface area contributed by atoms with Crippen LogP contribution in [0, 0.1) is 11.2 Å². The monoisotopic (exact) mass is 282 g/mol. The predicted molar refractivity (Wildman–Crippen MR) is 84.6 cm³/mol. The lowest BCUT2D eigenvalue weighted by Crippen LogP contribution is -2.23. The second-order valence-electron chi connectivity index (χ2n) is 6.53. The highest BCUT2D eigenvalue weighted by molar-refractivity contribution is 6.11. The summed E-state index contributed by atoms with van der Waals surface area (Å²) in [5.41, 5.74) is 4.05. The van der Waals surface area contributed by atoms with E-state index in [2.05, 4.69) is 32.9 Å². The second-order valence-corrected chi connectivity index (χ2v) is 6.53. The maximum Gasteiger partial charge on any atom is 0.133 e. The van der Waals surface area contributed by atoms with E-state index in [1.54, 1.807) is 6.07 Å². The molecule has 21 heavy (non-hydrogen) atoms. The number of amidine groups is 1. The molecule has 0 atom stereocenters. The fourth-order valence-corrected chi connectivity index (χ4v) is 2.66. The lowest BCUT2D eigenvalue weighted by Gasteiger charge is -2.22. The van der Waals surface area contributed by atoms with Crippen molar-refractivity contribution >= 4 is 11.5 Å². The first-order valence-corrected chi connectivity index (χ1v) is 7.12. The van der Waals surface area contributed by atoms with Gasteiger partial charge in [-0.2, -0.15) is 0 Å². The van der Waals surface area contributed by atoms with Gasteiger partial charge in [-0.05, 0) is 40.8 Å². The van der Waals surface area contributed by atoms with Gasteiger partial charge in [0.05, 0.1) is 6.54 Å². The van der Waals surface area contributed by atoms with Gasteiger partial charge >= 0.3 is 0 Å². The Morgan fingerprint density at radius 3 is 2.33 bits per heavy atom. The minimum Gasteiger partial charge on any atom is -0.322 e. The molecule has 1 aliphatic heterocycles. The molecule has 0 saturated carbocycles. The van der Waals surface area contributed by atoms with E-state index in [1.165, 1.54) is 17.7 Å². The first-order valence-electron chi connectivity index (χ1n) is 7.12. The maximum absolute atomic E-state index is 13.3. The van der Waals surface area contributed by atoms with Crippen molar-refractivity contribution < 1.29 is 4.39 Å². The summed E-state index contributed by atoms with van der Waals surface area (Å²) < 4.78 is 13.3. The van der Waals surface area contributed by atoms with E-state index in [4.69, 9.17) is 5.41 Å². The molecule has 3 rings (SSSR count). The van der Waals surface area contributed by atoms with E-state index in [-0.39, 0.29) is 11.2 Å². The van der Waals surface area contributed by atoms with Crippen LogP contribution < -0.4 is 4.90 Å². The predicted octanol–water partition coefficient (Wildman–Crippen LogP) is 4.47. The number of anilines is 1. The number of nitrogens with one attached hydrogen (secondary N) is 1. The van der Waals surface area contributed by atoms with Crippen LogP contribution in [-0.4, -0.2) is 5.84 Å². The summed E-state index contributed by atoms with van der Waals surface area (Å²) in [6.07, 6.45) is 0. The Morgan fingerprint density at radius 2 is 1.71 bits per heavy atom. The van der Waals surface area contributed by atoms with Crippen LogP contribution in [0.5, 0.6) is 0 Å². The third-order valence-corrected chi connectivity index (χ3v) is 3.97. The van der Waals surface area contributed by atoms with Crippen LogP contribution in [0.2, 0.25) is 0 Å². The summed E-state index contributed by atoms with van der Waals surface area (Å²) in [6, 6.07) is 13.0. The van der Waals surface area contributed by atoms with Crippen molar-refractivity contribution in [1.82, 2.24) is 0 Å². The molecular formula is C18H19FN2. The highest BCUT2D eigenvalue weighted by Gasteiger charge is 2.26. The molecule has 0 saturated heterocycles. The molecule has 2 aromatic rings. The number of rotatable bonds is 1. The smallest absolute Gasteiger partial charge is 0.133 e. The van der Waals surface area contributed by atoms with Crippen LogP contribution in [0.15, 0.2) is 42.5 Å². The lowest BCUT2D eigenvalue weighted by molar-refractivity contribution is 0.590. The molecule has 0 aromatic heterocycles. The zero-order valence-electron chi connectivity index (χ0n) is 12.6. The van der Waals surface area contributed by atoms with Gasteiger partial charge in [-0.15, -0.1) is 0 Å². The lowest BCUT2D eigenvalue weighted by atomic mass is 9.87. The third kappa shape index (κ3) is 2.44. The standard InChI is InChI=1S/C18H19FN2/c1-18(2,3)13-5-8-15(9-6-13)21-11-12-4-7-14(19)10-16(12)17(21)20/h4-10,20H,11H2,1-3H3. The second kappa shape index (κ2) is 4.69. The van der Waals surface area contributed by atoms with Gasteiger partial charge in [-0.25, -0.2) is 4.39 Å². The maximum atomic E-state index is 13.3. The van der Waals surface area contributed by atoms with Crippen LogP contribution in [-0.2, 0) is 12.0 Å². The van der Waals surface area contributed by atoms with Crippen molar-refractivity contribution in [1.29, 1.82) is 5.41 Å². The molecule has 0 amide bonds. The van der Waals surface area contributed by atoms with Crippen LogP contribution in [0.4, 0.5) is 10.1 Å². The van der Waals surface area contributed by atoms with Gasteiger partial charge in [-0.1, -0.05) is 39.0 Å². The molecule has 3 heteroatoms. The third-order valence-electron chi connectivity index (χ3n) is 3.97.